The molecule has 0 aliphatic carbocycles. The second kappa shape index (κ2) is 5.34. The normalized spacial score (nSPS) is 22.1. The molecular formula is C12H10ClF2NO4. The minimum Gasteiger partial charge on any atom is -0.480 e. The third-order valence-corrected chi connectivity index (χ3v) is 3.38. The Kier molecular flexibility index (Phi) is 3.92. The number of hydrogen-bond donors (Lipinski definition) is 2. The predicted octanol–water partition coefficient (Wildman–Crippen LogP) is 1.28. The first kappa shape index (κ1) is 14.7. The Hall–Kier alpha value is -1.73. The fourth-order valence-electron chi connectivity index (χ4n) is 2.11. The first-order valence-corrected chi connectivity index (χ1v) is 6.05. The molecule has 108 valence electrons. The van der Waals surface area contributed by atoms with Gasteiger partial charge < -0.3 is 15.1 Å². The number of aliphatic carboxylic acids is 1. The Morgan fingerprint density at radius 1 is 1.30 bits per heavy atom. The van der Waals surface area contributed by atoms with Crippen LogP contribution in [0, 0.1) is 11.6 Å². The highest BCUT2D eigenvalue weighted by Gasteiger charge is 2.39. The monoisotopic (exact) mass is 305 g/mol. The summed E-state index contributed by atoms with van der Waals surface area (Å²) in [5, 5.41) is 18.1. The summed E-state index contributed by atoms with van der Waals surface area (Å²) in [5.41, 5.74) is -0.342. The van der Waals surface area contributed by atoms with Crippen molar-refractivity contribution < 1.29 is 28.6 Å². The van der Waals surface area contributed by atoms with Gasteiger partial charge >= 0.3 is 5.97 Å². The van der Waals surface area contributed by atoms with E-state index in [4.69, 9.17) is 16.7 Å². The van der Waals surface area contributed by atoms with E-state index >= 15 is 0 Å². The van der Waals surface area contributed by atoms with Crippen LogP contribution in [-0.2, 0) is 4.79 Å². The maximum Gasteiger partial charge on any atom is 0.326 e. The van der Waals surface area contributed by atoms with Crippen molar-refractivity contribution in [1.29, 1.82) is 0 Å². The van der Waals surface area contributed by atoms with Crippen molar-refractivity contribution in [1.82, 2.24) is 4.90 Å². The Labute approximate surface area is 117 Å². The van der Waals surface area contributed by atoms with Gasteiger partial charge in [-0.3, -0.25) is 4.79 Å². The molecule has 5 nitrogen and oxygen atoms in total. The lowest BCUT2D eigenvalue weighted by Gasteiger charge is -2.21. The summed E-state index contributed by atoms with van der Waals surface area (Å²) in [6, 6.07) is 0.0393. The molecule has 0 bridgehead atoms. The SMILES string of the molecule is O=C(O)[C@@H]1C[C@@H](O)CN1C(=O)c1cc(F)c(F)cc1Cl. The third-order valence-electron chi connectivity index (χ3n) is 3.07. The quantitative estimate of drug-likeness (QED) is 0.807. The molecule has 0 radical (unpaired) electrons. The van der Waals surface area contributed by atoms with Crippen molar-refractivity contribution in [2.75, 3.05) is 6.54 Å². The topological polar surface area (TPSA) is 77.8 Å². The van der Waals surface area contributed by atoms with Gasteiger partial charge in [-0.05, 0) is 12.1 Å². The number of β-amino-alcohol motifs (C(OH)–C–C–N with tert-alkyl or cyclic N) is 1. The maximum atomic E-state index is 13.2. The zero-order chi connectivity index (χ0) is 15.0. The molecule has 2 atom stereocenters. The van der Waals surface area contributed by atoms with Crippen molar-refractivity contribution in [3.8, 4) is 0 Å². The Bertz CT molecular complexity index is 581. The molecule has 2 N–H and O–H groups in total. The first-order chi connectivity index (χ1) is 9.31. The van der Waals surface area contributed by atoms with Crippen LogP contribution in [0.2, 0.25) is 5.02 Å². The van der Waals surface area contributed by atoms with Crippen LogP contribution in [-0.4, -0.2) is 45.7 Å². The molecule has 0 saturated carbocycles. The molecule has 8 heteroatoms. The van der Waals surface area contributed by atoms with E-state index in [0.29, 0.717) is 12.1 Å². The van der Waals surface area contributed by atoms with Gasteiger partial charge in [-0.2, -0.15) is 0 Å². The summed E-state index contributed by atoms with van der Waals surface area (Å²) >= 11 is 5.67. The van der Waals surface area contributed by atoms with Gasteiger partial charge in [0.05, 0.1) is 16.7 Å². The van der Waals surface area contributed by atoms with Crippen LogP contribution in [0.3, 0.4) is 0 Å². The second-order valence-electron chi connectivity index (χ2n) is 4.45. The molecule has 1 heterocycles. The molecule has 1 aliphatic heterocycles. The molecule has 0 spiro atoms. The predicted molar refractivity (Wildman–Crippen MR) is 64.5 cm³/mol. The van der Waals surface area contributed by atoms with Gasteiger partial charge in [0.1, 0.15) is 6.04 Å². The van der Waals surface area contributed by atoms with E-state index in [0.717, 1.165) is 4.90 Å². The summed E-state index contributed by atoms with van der Waals surface area (Å²) in [4.78, 5) is 24.1. The number of nitrogens with zero attached hydrogens (tertiary/aromatic N) is 1. The van der Waals surface area contributed by atoms with Crippen molar-refractivity contribution in [3.05, 3.63) is 34.4 Å². The molecule has 1 amide bonds. The van der Waals surface area contributed by atoms with Crippen molar-refractivity contribution in [2.24, 2.45) is 0 Å². The highest BCUT2D eigenvalue weighted by atomic mass is 35.5. The average Bonchev–Trinajstić information content (AvgIpc) is 2.75. The number of rotatable bonds is 2. The molecule has 1 aromatic rings. The van der Waals surface area contributed by atoms with Crippen molar-refractivity contribution >= 4 is 23.5 Å². The number of benzene rings is 1. The third kappa shape index (κ3) is 2.59. The number of hydrogen-bond acceptors (Lipinski definition) is 3. The number of likely N-dealkylation sites (tertiary alicyclic amines) is 1. The summed E-state index contributed by atoms with van der Waals surface area (Å²) in [5.74, 6) is -4.61. The molecule has 20 heavy (non-hydrogen) atoms. The lowest BCUT2D eigenvalue weighted by atomic mass is 10.1. The Balaban J connectivity index is 2.36. The van der Waals surface area contributed by atoms with Gasteiger partial charge in [-0.15, -0.1) is 0 Å². The van der Waals surface area contributed by atoms with E-state index in [9.17, 15) is 23.5 Å². The highest BCUT2D eigenvalue weighted by molar-refractivity contribution is 6.33. The van der Waals surface area contributed by atoms with E-state index < -0.39 is 35.7 Å². The Morgan fingerprint density at radius 3 is 2.50 bits per heavy atom. The number of amides is 1. The summed E-state index contributed by atoms with van der Waals surface area (Å²) in [6.45, 7) is -0.203. The largest absolute Gasteiger partial charge is 0.480 e. The van der Waals surface area contributed by atoms with E-state index in [1.165, 1.54) is 0 Å². The smallest absolute Gasteiger partial charge is 0.326 e. The zero-order valence-corrected chi connectivity index (χ0v) is 10.8. The van der Waals surface area contributed by atoms with E-state index in [2.05, 4.69) is 0 Å². The summed E-state index contributed by atoms with van der Waals surface area (Å²) in [6.07, 6.45) is -1.10. The molecule has 1 aliphatic rings. The molecule has 2 rings (SSSR count). The van der Waals surface area contributed by atoms with Gasteiger partial charge in [-0.25, -0.2) is 13.6 Å². The maximum absolute atomic E-state index is 13.2. The minimum absolute atomic E-state index is 0.123. The zero-order valence-electron chi connectivity index (χ0n) is 10.0. The van der Waals surface area contributed by atoms with Gasteiger partial charge in [0.2, 0.25) is 0 Å². The van der Waals surface area contributed by atoms with Gasteiger partial charge in [-0.1, -0.05) is 11.6 Å². The number of aliphatic hydroxyl groups is 1. The van der Waals surface area contributed by atoms with Gasteiger partial charge in [0, 0.05) is 13.0 Å². The standard InChI is InChI=1S/C12H10ClF2NO4/c13-7-3-9(15)8(14)2-6(7)11(18)16-4-5(17)1-10(16)12(19)20/h2-3,5,10,17H,1,4H2,(H,19,20)/t5-,10+/m1/s1. The average molecular weight is 306 g/mol. The van der Waals surface area contributed by atoms with Gasteiger partial charge in [0.25, 0.3) is 5.91 Å². The van der Waals surface area contributed by atoms with E-state index in [1.54, 1.807) is 0 Å². The molecule has 1 saturated heterocycles. The fraction of sp³-hybridized carbons (Fsp3) is 0.333. The number of carboxylic acids is 1. The van der Waals surface area contributed by atoms with Crippen LogP contribution < -0.4 is 0 Å². The molecule has 1 fully saturated rings. The molecule has 0 aromatic heterocycles. The number of carbonyl (C=O) groups excluding carboxylic acids is 1. The number of halogens is 3. The fourth-order valence-corrected chi connectivity index (χ4v) is 2.34. The van der Waals surface area contributed by atoms with Crippen LogP contribution >= 0.6 is 11.6 Å². The van der Waals surface area contributed by atoms with E-state index in [-0.39, 0.29) is 23.6 Å². The second-order valence-corrected chi connectivity index (χ2v) is 4.85. The first-order valence-electron chi connectivity index (χ1n) is 5.67. The van der Waals surface area contributed by atoms with Crippen LogP contribution in [0.5, 0.6) is 0 Å². The Morgan fingerprint density at radius 2 is 1.90 bits per heavy atom. The number of carboxylic acid groups (broad SMARTS) is 1. The molecule has 1 aromatic carbocycles. The summed E-state index contributed by atoms with van der Waals surface area (Å²) < 4.78 is 26.1. The highest BCUT2D eigenvalue weighted by Crippen LogP contribution is 2.26. The molecule has 0 unspecified atom stereocenters. The molecular weight excluding hydrogens is 296 g/mol. The van der Waals surface area contributed by atoms with Crippen LogP contribution in [0.15, 0.2) is 12.1 Å². The number of carbonyl (C=O) groups is 2. The van der Waals surface area contributed by atoms with Gasteiger partial charge in [0.15, 0.2) is 11.6 Å². The van der Waals surface area contributed by atoms with Crippen molar-refractivity contribution in [2.45, 2.75) is 18.6 Å². The van der Waals surface area contributed by atoms with Crippen molar-refractivity contribution in [3.63, 3.8) is 0 Å². The lowest BCUT2D eigenvalue weighted by Crippen LogP contribution is -2.40. The minimum atomic E-state index is -1.28. The van der Waals surface area contributed by atoms with E-state index in [1.807, 2.05) is 0 Å². The van der Waals surface area contributed by atoms with Crippen LogP contribution in [0.4, 0.5) is 8.78 Å². The van der Waals surface area contributed by atoms with Crippen LogP contribution in [0.1, 0.15) is 16.8 Å². The summed E-state index contributed by atoms with van der Waals surface area (Å²) in [7, 11) is 0. The number of aliphatic hydroxyl groups excluding tert-OH is 1. The lowest BCUT2D eigenvalue weighted by molar-refractivity contribution is -0.141. The van der Waals surface area contributed by atoms with Crippen LogP contribution in [0.25, 0.3) is 0 Å².